The summed E-state index contributed by atoms with van der Waals surface area (Å²) in [5.41, 5.74) is 1.95. The molecule has 24 heavy (non-hydrogen) atoms. The van der Waals surface area contributed by atoms with Crippen molar-refractivity contribution in [3.8, 4) is 0 Å². The van der Waals surface area contributed by atoms with Gasteiger partial charge in [-0.2, -0.15) is 0 Å². The first-order chi connectivity index (χ1) is 11.6. The predicted octanol–water partition coefficient (Wildman–Crippen LogP) is 5.51. The zero-order valence-corrected chi connectivity index (χ0v) is 14.7. The van der Waals surface area contributed by atoms with Gasteiger partial charge in [0, 0.05) is 6.42 Å². The number of unbranched alkanes of at least 4 members (excludes halogenated alkanes) is 4. The van der Waals surface area contributed by atoms with Crippen LogP contribution in [0.5, 0.6) is 0 Å². The number of aliphatic hydroxyl groups is 1. The van der Waals surface area contributed by atoms with Gasteiger partial charge < -0.3 is 10.2 Å². The molecule has 132 valence electrons. The van der Waals surface area contributed by atoms with E-state index in [0.717, 1.165) is 24.0 Å². The molecule has 1 unspecified atom stereocenters. The Balaban J connectivity index is 2.42. The number of carboxylic acid groups (broad SMARTS) is 1. The van der Waals surface area contributed by atoms with Crippen LogP contribution in [0.4, 0.5) is 0 Å². The zero-order valence-electron chi connectivity index (χ0n) is 14.7. The Bertz CT molecular complexity index is 532. The highest BCUT2D eigenvalue weighted by molar-refractivity contribution is 5.66. The van der Waals surface area contributed by atoms with Gasteiger partial charge in [-0.3, -0.25) is 4.79 Å². The van der Waals surface area contributed by atoms with E-state index < -0.39 is 12.1 Å². The zero-order chi connectivity index (χ0) is 17.6. The van der Waals surface area contributed by atoms with Crippen molar-refractivity contribution in [3.63, 3.8) is 0 Å². The van der Waals surface area contributed by atoms with E-state index in [9.17, 15) is 9.90 Å². The van der Waals surface area contributed by atoms with E-state index in [1.54, 1.807) is 0 Å². The second kappa shape index (κ2) is 12.5. The van der Waals surface area contributed by atoms with Gasteiger partial charge in [0.25, 0.3) is 0 Å². The highest BCUT2D eigenvalue weighted by Crippen LogP contribution is 2.19. The molecular weight excluding hydrogens is 300 g/mol. The molecule has 1 aromatic carbocycles. The summed E-state index contributed by atoms with van der Waals surface area (Å²) in [6.45, 7) is 2.20. The van der Waals surface area contributed by atoms with E-state index in [4.69, 9.17) is 5.11 Å². The summed E-state index contributed by atoms with van der Waals surface area (Å²) in [4.78, 5) is 10.5. The number of carbonyl (C=O) groups is 1. The molecule has 1 rings (SSSR count). The second-order valence-corrected chi connectivity index (χ2v) is 6.08. The third-order valence-corrected chi connectivity index (χ3v) is 3.87. The van der Waals surface area contributed by atoms with Crippen LogP contribution in [0.25, 0.3) is 6.08 Å². The minimum atomic E-state index is -0.753. The van der Waals surface area contributed by atoms with Gasteiger partial charge in [-0.15, -0.1) is 0 Å². The quantitative estimate of drug-likeness (QED) is 0.392. The van der Waals surface area contributed by atoms with Gasteiger partial charge in [0.05, 0.1) is 6.10 Å². The largest absolute Gasteiger partial charge is 0.481 e. The van der Waals surface area contributed by atoms with Crippen LogP contribution < -0.4 is 0 Å². The maximum absolute atomic E-state index is 10.5. The predicted molar refractivity (Wildman–Crippen MR) is 99.8 cm³/mol. The highest BCUT2D eigenvalue weighted by Gasteiger charge is 2.05. The summed E-state index contributed by atoms with van der Waals surface area (Å²) < 4.78 is 0. The van der Waals surface area contributed by atoms with Gasteiger partial charge in [-0.05, 0) is 49.3 Å². The highest BCUT2D eigenvalue weighted by atomic mass is 16.4. The molecule has 1 aromatic rings. The summed E-state index contributed by atoms with van der Waals surface area (Å²) in [6, 6.07) is 7.87. The smallest absolute Gasteiger partial charge is 0.303 e. The normalized spacial score (nSPS) is 12.9. The van der Waals surface area contributed by atoms with Crippen molar-refractivity contribution in [2.75, 3.05) is 0 Å². The van der Waals surface area contributed by atoms with E-state index in [0.29, 0.717) is 12.8 Å². The Morgan fingerprint density at radius 2 is 1.92 bits per heavy atom. The molecule has 0 spiro atoms. The van der Waals surface area contributed by atoms with Crippen LogP contribution in [0.15, 0.2) is 42.5 Å². The topological polar surface area (TPSA) is 57.5 Å². The first-order valence-corrected chi connectivity index (χ1v) is 8.94. The Labute approximate surface area is 145 Å². The molecule has 0 aliphatic rings. The molecule has 0 radical (unpaired) electrons. The lowest BCUT2D eigenvalue weighted by molar-refractivity contribution is -0.137. The van der Waals surface area contributed by atoms with Crippen molar-refractivity contribution in [1.29, 1.82) is 0 Å². The number of hydrogen-bond donors (Lipinski definition) is 2. The van der Waals surface area contributed by atoms with Crippen molar-refractivity contribution in [3.05, 3.63) is 53.6 Å². The van der Waals surface area contributed by atoms with Crippen LogP contribution in [-0.4, -0.2) is 16.2 Å². The minimum Gasteiger partial charge on any atom is -0.481 e. The number of hydrogen-bond acceptors (Lipinski definition) is 2. The molecule has 0 amide bonds. The van der Waals surface area contributed by atoms with Crippen LogP contribution in [0, 0.1) is 0 Å². The maximum Gasteiger partial charge on any atom is 0.303 e. The fourth-order valence-corrected chi connectivity index (χ4v) is 2.45. The van der Waals surface area contributed by atoms with Crippen LogP contribution in [0.1, 0.15) is 75.5 Å². The number of aliphatic carboxylic acids is 1. The molecular formula is C21H30O3. The van der Waals surface area contributed by atoms with Crippen LogP contribution in [0.2, 0.25) is 0 Å². The molecule has 0 saturated carbocycles. The summed E-state index contributed by atoms with van der Waals surface area (Å²) >= 11 is 0. The fraction of sp³-hybridized carbons (Fsp3) is 0.476. The van der Waals surface area contributed by atoms with E-state index in [1.165, 1.54) is 19.3 Å². The van der Waals surface area contributed by atoms with Gasteiger partial charge in [-0.1, -0.05) is 62.3 Å². The van der Waals surface area contributed by atoms with E-state index in [1.807, 2.05) is 36.4 Å². The first-order valence-electron chi connectivity index (χ1n) is 8.94. The molecule has 0 aliphatic carbocycles. The SMILES string of the molecule is CCCCCC=CCC(O)c1cccc(C=CCCCC(=O)O)c1. The van der Waals surface area contributed by atoms with E-state index >= 15 is 0 Å². The molecule has 0 aromatic heterocycles. The van der Waals surface area contributed by atoms with Gasteiger partial charge in [0.15, 0.2) is 0 Å². The standard InChI is InChI=1S/C21H30O3/c1-2-3-4-5-6-9-15-20(22)19-14-11-13-18(17-19)12-8-7-10-16-21(23)24/h6,8-9,11-14,17,20,22H,2-5,7,10,15-16H2,1H3,(H,23,24). The second-order valence-electron chi connectivity index (χ2n) is 6.08. The Morgan fingerprint density at radius 1 is 1.12 bits per heavy atom. The van der Waals surface area contributed by atoms with Gasteiger partial charge >= 0.3 is 5.97 Å². The fourth-order valence-electron chi connectivity index (χ4n) is 2.45. The number of carboxylic acids is 1. The van der Waals surface area contributed by atoms with Crippen LogP contribution >= 0.6 is 0 Å². The summed E-state index contributed by atoms with van der Waals surface area (Å²) in [7, 11) is 0. The summed E-state index contributed by atoms with van der Waals surface area (Å²) in [6.07, 6.45) is 14.7. The molecule has 0 heterocycles. The molecule has 3 nitrogen and oxygen atoms in total. The van der Waals surface area contributed by atoms with Crippen LogP contribution in [0.3, 0.4) is 0 Å². The molecule has 2 N–H and O–H groups in total. The van der Waals surface area contributed by atoms with Gasteiger partial charge in [0.2, 0.25) is 0 Å². The van der Waals surface area contributed by atoms with Crippen molar-refractivity contribution in [2.24, 2.45) is 0 Å². The Kier molecular flexibility index (Phi) is 10.5. The van der Waals surface area contributed by atoms with Crippen molar-refractivity contribution >= 4 is 12.0 Å². The summed E-state index contributed by atoms with van der Waals surface area (Å²) in [5, 5.41) is 18.9. The Morgan fingerprint density at radius 3 is 2.67 bits per heavy atom. The lowest BCUT2D eigenvalue weighted by Gasteiger charge is -2.09. The molecule has 3 heteroatoms. The Hall–Kier alpha value is -1.87. The summed E-state index contributed by atoms with van der Waals surface area (Å²) in [5.74, 6) is -0.753. The van der Waals surface area contributed by atoms with Crippen molar-refractivity contribution in [1.82, 2.24) is 0 Å². The molecule has 0 fully saturated rings. The third kappa shape index (κ3) is 9.31. The number of rotatable bonds is 12. The van der Waals surface area contributed by atoms with Gasteiger partial charge in [0.1, 0.15) is 0 Å². The van der Waals surface area contributed by atoms with Gasteiger partial charge in [-0.25, -0.2) is 0 Å². The van der Waals surface area contributed by atoms with E-state index in [-0.39, 0.29) is 6.42 Å². The molecule has 0 aliphatic heterocycles. The molecule has 1 atom stereocenters. The average Bonchev–Trinajstić information content (AvgIpc) is 2.57. The number of benzene rings is 1. The average molecular weight is 330 g/mol. The lowest BCUT2D eigenvalue weighted by Crippen LogP contribution is -1.95. The molecule has 0 bridgehead atoms. The third-order valence-electron chi connectivity index (χ3n) is 3.87. The number of allylic oxidation sites excluding steroid dienone is 2. The number of aliphatic hydroxyl groups excluding tert-OH is 1. The monoisotopic (exact) mass is 330 g/mol. The van der Waals surface area contributed by atoms with E-state index in [2.05, 4.69) is 19.1 Å². The van der Waals surface area contributed by atoms with Crippen molar-refractivity contribution in [2.45, 2.75) is 64.4 Å². The van der Waals surface area contributed by atoms with Crippen molar-refractivity contribution < 1.29 is 15.0 Å². The lowest BCUT2D eigenvalue weighted by atomic mass is 10.0. The molecule has 0 saturated heterocycles. The maximum atomic E-state index is 10.5. The minimum absolute atomic E-state index is 0.202. The van der Waals surface area contributed by atoms with Crippen LogP contribution in [-0.2, 0) is 4.79 Å². The first kappa shape index (κ1) is 20.2.